The number of carbonyl (C=O) groups is 1. The molecule has 1 aromatic carbocycles. The number of ether oxygens (including phenoxy) is 1. The predicted octanol–water partition coefficient (Wildman–Crippen LogP) is 2.27. The molecule has 1 aliphatic heterocycles. The predicted molar refractivity (Wildman–Crippen MR) is 114 cm³/mol. The minimum atomic E-state index is 0.101. The highest BCUT2D eigenvalue weighted by molar-refractivity contribution is 5.75. The van der Waals surface area contributed by atoms with E-state index < -0.39 is 0 Å². The zero-order chi connectivity index (χ0) is 20.3. The molecule has 156 valence electrons. The Kier molecular flexibility index (Phi) is 8.25. The molecule has 1 N–H and O–H groups in total. The highest BCUT2D eigenvalue weighted by Crippen LogP contribution is 2.13. The second-order valence-corrected chi connectivity index (χ2v) is 7.35. The van der Waals surface area contributed by atoms with Crippen molar-refractivity contribution in [2.45, 2.75) is 26.2 Å². The molecular formula is C22H31N5O2. The van der Waals surface area contributed by atoms with Gasteiger partial charge in [0.25, 0.3) is 0 Å². The van der Waals surface area contributed by atoms with E-state index in [2.05, 4.69) is 25.1 Å². The number of nitrogens with zero attached hydrogens (tertiary/aromatic N) is 4. The molecule has 0 atom stereocenters. The second-order valence-electron chi connectivity index (χ2n) is 7.35. The van der Waals surface area contributed by atoms with Gasteiger partial charge in [-0.3, -0.25) is 9.69 Å². The van der Waals surface area contributed by atoms with Crippen LogP contribution in [0.3, 0.4) is 0 Å². The fourth-order valence-corrected chi connectivity index (χ4v) is 3.37. The van der Waals surface area contributed by atoms with Gasteiger partial charge in [0, 0.05) is 51.5 Å². The molecule has 2 aromatic rings. The Morgan fingerprint density at radius 3 is 2.66 bits per heavy atom. The molecule has 0 saturated carbocycles. The van der Waals surface area contributed by atoms with Crippen LogP contribution in [0, 0.1) is 6.92 Å². The number of carbonyl (C=O) groups excluding carboxylic acids is 1. The summed E-state index contributed by atoms with van der Waals surface area (Å²) in [5, 5.41) is 3.01. The van der Waals surface area contributed by atoms with Gasteiger partial charge in [0.1, 0.15) is 5.75 Å². The summed E-state index contributed by atoms with van der Waals surface area (Å²) in [5.74, 6) is 1.78. The normalized spacial score (nSPS) is 14.6. The van der Waals surface area contributed by atoms with E-state index in [0.717, 1.165) is 63.8 Å². The van der Waals surface area contributed by atoms with Crippen LogP contribution in [0.25, 0.3) is 0 Å². The van der Waals surface area contributed by atoms with Crippen LogP contribution in [-0.2, 0) is 4.79 Å². The number of benzene rings is 1. The lowest BCUT2D eigenvalue weighted by Gasteiger charge is -2.34. The number of hydrogen-bond acceptors (Lipinski definition) is 6. The van der Waals surface area contributed by atoms with E-state index in [1.807, 2.05) is 37.3 Å². The van der Waals surface area contributed by atoms with E-state index in [-0.39, 0.29) is 5.91 Å². The molecule has 7 nitrogen and oxygen atoms in total. The molecule has 0 radical (unpaired) electrons. The summed E-state index contributed by atoms with van der Waals surface area (Å²) in [4.78, 5) is 25.2. The van der Waals surface area contributed by atoms with Crippen LogP contribution >= 0.6 is 0 Å². The van der Waals surface area contributed by atoms with Crippen LogP contribution in [0.5, 0.6) is 5.75 Å². The molecule has 2 heterocycles. The maximum atomic E-state index is 12.0. The number of amides is 1. The molecule has 1 saturated heterocycles. The summed E-state index contributed by atoms with van der Waals surface area (Å²) in [6.45, 7) is 8.21. The number of rotatable bonds is 10. The topological polar surface area (TPSA) is 70.6 Å². The molecule has 0 aliphatic carbocycles. The highest BCUT2D eigenvalue weighted by Gasteiger charge is 2.18. The summed E-state index contributed by atoms with van der Waals surface area (Å²) >= 11 is 0. The Morgan fingerprint density at radius 2 is 1.90 bits per heavy atom. The number of hydrogen-bond donors (Lipinski definition) is 1. The quantitative estimate of drug-likeness (QED) is 0.620. The number of piperazine rings is 1. The Labute approximate surface area is 173 Å². The van der Waals surface area contributed by atoms with Gasteiger partial charge in [0.15, 0.2) is 0 Å². The van der Waals surface area contributed by atoms with Crippen molar-refractivity contribution in [1.29, 1.82) is 0 Å². The first-order valence-corrected chi connectivity index (χ1v) is 10.4. The maximum Gasteiger partial charge on any atom is 0.225 e. The van der Waals surface area contributed by atoms with Crippen LogP contribution < -0.4 is 15.0 Å². The minimum Gasteiger partial charge on any atom is -0.494 e. The van der Waals surface area contributed by atoms with Crippen LogP contribution in [0.4, 0.5) is 5.95 Å². The van der Waals surface area contributed by atoms with Gasteiger partial charge in [0.05, 0.1) is 6.61 Å². The monoisotopic (exact) mass is 397 g/mol. The van der Waals surface area contributed by atoms with Crippen molar-refractivity contribution in [2.24, 2.45) is 0 Å². The van der Waals surface area contributed by atoms with Gasteiger partial charge in [-0.2, -0.15) is 0 Å². The van der Waals surface area contributed by atoms with Crippen molar-refractivity contribution in [1.82, 2.24) is 20.2 Å². The van der Waals surface area contributed by atoms with Crippen LogP contribution in [0.15, 0.2) is 42.7 Å². The average Bonchev–Trinajstić information content (AvgIpc) is 2.75. The zero-order valence-corrected chi connectivity index (χ0v) is 17.2. The number of aromatic nitrogens is 2. The molecule has 0 unspecified atom stereocenters. The molecule has 29 heavy (non-hydrogen) atoms. The standard InChI is InChI=1S/C22H31N5O2/c1-19-6-2-7-20(18-19)29-17-3-8-21(28)23-11-5-12-26-13-15-27(16-14-26)22-24-9-4-10-25-22/h2,4,6-7,9-10,18H,3,5,8,11-17H2,1H3,(H,23,28). The van der Waals surface area contributed by atoms with Gasteiger partial charge >= 0.3 is 0 Å². The summed E-state index contributed by atoms with van der Waals surface area (Å²) in [7, 11) is 0. The molecule has 0 bridgehead atoms. The van der Waals surface area contributed by atoms with Gasteiger partial charge in [-0.25, -0.2) is 9.97 Å². The second kappa shape index (κ2) is 11.4. The first-order chi connectivity index (χ1) is 14.2. The lowest BCUT2D eigenvalue weighted by Crippen LogP contribution is -2.47. The molecule has 3 rings (SSSR count). The van der Waals surface area contributed by atoms with Gasteiger partial charge in [-0.15, -0.1) is 0 Å². The van der Waals surface area contributed by atoms with Gasteiger partial charge in [0.2, 0.25) is 11.9 Å². The summed E-state index contributed by atoms with van der Waals surface area (Å²) < 4.78 is 5.68. The summed E-state index contributed by atoms with van der Waals surface area (Å²) in [6.07, 6.45) is 5.76. The Balaban J connectivity index is 1.20. The minimum absolute atomic E-state index is 0.101. The maximum absolute atomic E-state index is 12.0. The van der Waals surface area contributed by atoms with Crippen molar-refractivity contribution < 1.29 is 9.53 Å². The summed E-state index contributed by atoms with van der Waals surface area (Å²) in [6, 6.07) is 9.81. The van der Waals surface area contributed by atoms with Crippen LogP contribution in [0.1, 0.15) is 24.8 Å². The molecule has 1 aliphatic rings. The Hall–Kier alpha value is -2.67. The number of anilines is 1. The van der Waals surface area contributed by atoms with E-state index in [4.69, 9.17) is 4.74 Å². The van der Waals surface area contributed by atoms with Gasteiger partial charge in [-0.1, -0.05) is 12.1 Å². The largest absolute Gasteiger partial charge is 0.494 e. The SMILES string of the molecule is Cc1cccc(OCCCC(=O)NCCCN2CCN(c3ncccn3)CC2)c1. The third-order valence-electron chi connectivity index (χ3n) is 4.99. The van der Waals surface area contributed by atoms with Crippen LogP contribution in [-0.4, -0.2) is 66.7 Å². The number of nitrogens with one attached hydrogen (secondary N) is 1. The van der Waals surface area contributed by atoms with Crippen molar-refractivity contribution in [3.8, 4) is 5.75 Å². The molecular weight excluding hydrogens is 366 g/mol. The van der Waals surface area contributed by atoms with E-state index in [1.54, 1.807) is 12.4 Å². The third kappa shape index (κ3) is 7.34. The van der Waals surface area contributed by atoms with Crippen molar-refractivity contribution in [2.75, 3.05) is 50.8 Å². The lowest BCUT2D eigenvalue weighted by atomic mass is 10.2. The molecule has 7 heteroatoms. The van der Waals surface area contributed by atoms with E-state index in [9.17, 15) is 4.79 Å². The summed E-state index contributed by atoms with van der Waals surface area (Å²) in [5.41, 5.74) is 1.18. The lowest BCUT2D eigenvalue weighted by molar-refractivity contribution is -0.121. The Morgan fingerprint density at radius 1 is 1.10 bits per heavy atom. The van der Waals surface area contributed by atoms with Crippen LogP contribution in [0.2, 0.25) is 0 Å². The molecule has 0 spiro atoms. The average molecular weight is 398 g/mol. The van der Waals surface area contributed by atoms with Crippen molar-refractivity contribution in [3.05, 3.63) is 48.3 Å². The zero-order valence-electron chi connectivity index (χ0n) is 17.2. The fraction of sp³-hybridized carbons (Fsp3) is 0.500. The van der Waals surface area contributed by atoms with Gasteiger partial charge < -0.3 is 15.0 Å². The van der Waals surface area contributed by atoms with Crippen molar-refractivity contribution in [3.63, 3.8) is 0 Å². The first kappa shape index (κ1) is 21.0. The number of aryl methyl sites for hydroxylation is 1. The third-order valence-corrected chi connectivity index (χ3v) is 4.99. The van der Waals surface area contributed by atoms with Crippen molar-refractivity contribution >= 4 is 11.9 Å². The first-order valence-electron chi connectivity index (χ1n) is 10.4. The van der Waals surface area contributed by atoms with E-state index in [1.165, 1.54) is 5.56 Å². The van der Waals surface area contributed by atoms with Gasteiger partial charge in [-0.05, 0) is 50.1 Å². The highest BCUT2D eigenvalue weighted by atomic mass is 16.5. The molecule has 1 amide bonds. The molecule has 1 aromatic heterocycles. The molecule has 1 fully saturated rings. The van der Waals surface area contributed by atoms with E-state index in [0.29, 0.717) is 13.0 Å². The fourth-order valence-electron chi connectivity index (χ4n) is 3.37. The van der Waals surface area contributed by atoms with E-state index >= 15 is 0 Å². The smallest absolute Gasteiger partial charge is 0.225 e. The Bertz CT molecular complexity index is 748.